The van der Waals surface area contributed by atoms with Gasteiger partial charge in [-0.25, -0.2) is 9.13 Å². The largest absolute Gasteiger partial charge is 0.472 e. The molecule has 0 aliphatic heterocycles. The molecule has 0 aromatic heterocycles. The zero-order valence-electron chi connectivity index (χ0n) is 67.2. The van der Waals surface area contributed by atoms with E-state index in [1.165, 1.54) is 225 Å². The van der Waals surface area contributed by atoms with E-state index in [4.69, 9.17) is 37.0 Å². The Balaban J connectivity index is 5.21. The molecule has 0 saturated carbocycles. The first-order chi connectivity index (χ1) is 49.1. The van der Waals surface area contributed by atoms with Crippen molar-refractivity contribution in [1.29, 1.82) is 0 Å². The Morgan fingerprint density at radius 1 is 0.245 bits per heavy atom. The fourth-order valence-electron chi connectivity index (χ4n) is 12.8. The summed E-state index contributed by atoms with van der Waals surface area (Å²) in [5, 5.41) is 10.7. The Hall–Kier alpha value is -1.94. The van der Waals surface area contributed by atoms with Crippen molar-refractivity contribution in [3.63, 3.8) is 0 Å². The van der Waals surface area contributed by atoms with Gasteiger partial charge in [0.25, 0.3) is 0 Å². The highest BCUT2D eigenvalue weighted by Gasteiger charge is 2.30. The number of phosphoric ester groups is 2. The quantitative estimate of drug-likeness (QED) is 0.0222. The van der Waals surface area contributed by atoms with E-state index in [9.17, 15) is 43.2 Å². The summed E-state index contributed by atoms with van der Waals surface area (Å²) in [6.45, 7) is 14.3. The number of esters is 4. The highest BCUT2D eigenvalue weighted by molar-refractivity contribution is 7.47. The molecule has 606 valence electrons. The summed E-state index contributed by atoms with van der Waals surface area (Å²) in [6, 6.07) is 0. The van der Waals surface area contributed by atoms with Gasteiger partial charge in [-0.1, -0.05) is 376 Å². The number of aliphatic hydroxyl groups is 1. The van der Waals surface area contributed by atoms with Crippen LogP contribution in [0.2, 0.25) is 0 Å². The van der Waals surface area contributed by atoms with Crippen LogP contribution in [-0.2, 0) is 65.4 Å². The highest BCUT2D eigenvalue weighted by atomic mass is 31.2. The van der Waals surface area contributed by atoms with Gasteiger partial charge in [0.1, 0.15) is 19.3 Å². The van der Waals surface area contributed by atoms with Crippen molar-refractivity contribution < 1.29 is 80.2 Å². The second-order valence-electron chi connectivity index (χ2n) is 31.8. The average molecular weight is 1490 g/mol. The lowest BCUT2D eigenvalue weighted by Crippen LogP contribution is -2.30. The second-order valence-corrected chi connectivity index (χ2v) is 34.7. The fraction of sp³-hybridized carbons (Fsp3) is 0.952. The number of carbonyl (C=O) groups excluding carboxylic acids is 4. The van der Waals surface area contributed by atoms with E-state index in [-0.39, 0.29) is 25.7 Å². The van der Waals surface area contributed by atoms with Gasteiger partial charge in [-0.2, -0.15) is 0 Å². The number of ether oxygens (including phenoxy) is 4. The number of rotatable bonds is 80. The van der Waals surface area contributed by atoms with Gasteiger partial charge in [-0.3, -0.25) is 37.3 Å². The van der Waals surface area contributed by atoms with Crippen molar-refractivity contribution in [3.8, 4) is 0 Å². The van der Waals surface area contributed by atoms with Crippen molar-refractivity contribution in [2.45, 2.75) is 446 Å². The molecule has 0 rings (SSSR count). The van der Waals surface area contributed by atoms with Gasteiger partial charge < -0.3 is 33.8 Å². The van der Waals surface area contributed by atoms with E-state index >= 15 is 0 Å². The molecule has 0 aliphatic carbocycles. The lowest BCUT2D eigenvalue weighted by Gasteiger charge is -2.21. The van der Waals surface area contributed by atoms with Crippen LogP contribution in [0, 0.1) is 23.7 Å². The van der Waals surface area contributed by atoms with E-state index < -0.39 is 97.5 Å². The Labute approximate surface area is 626 Å². The minimum absolute atomic E-state index is 0.107. The molecule has 0 aromatic carbocycles. The third-order valence-electron chi connectivity index (χ3n) is 19.3. The first-order valence-corrected chi connectivity index (χ1v) is 45.7. The Kier molecular flexibility index (Phi) is 70.6. The van der Waals surface area contributed by atoms with E-state index in [0.717, 1.165) is 114 Å². The normalized spacial score (nSPS) is 14.0. The molecule has 0 spiro atoms. The predicted octanol–water partition coefficient (Wildman–Crippen LogP) is 24.8. The molecule has 0 aromatic rings. The maximum Gasteiger partial charge on any atom is 0.472 e. The van der Waals surface area contributed by atoms with Gasteiger partial charge in [-0.15, -0.1) is 0 Å². The van der Waals surface area contributed by atoms with Crippen molar-refractivity contribution in [2.75, 3.05) is 39.6 Å². The van der Waals surface area contributed by atoms with E-state index in [1.807, 2.05) is 0 Å². The second kappa shape index (κ2) is 72.0. The molecular weight excluding hydrogens is 1330 g/mol. The fourth-order valence-corrected chi connectivity index (χ4v) is 14.4. The number of hydrogen-bond acceptors (Lipinski definition) is 15. The van der Waals surface area contributed by atoms with Crippen molar-refractivity contribution in [1.82, 2.24) is 0 Å². The smallest absolute Gasteiger partial charge is 0.462 e. The number of phosphoric acid groups is 2. The van der Waals surface area contributed by atoms with Gasteiger partial charge in [-0.05, 0) is 49.4 Å². The summed E-state index contributed by atoms with van der Waals surface area (Å²) in [5.74, 6) is 0.968. The van der Waals surface area contributed by atoms with E-state index in [2.05, 4.69) is 55.4 Å². The minimum Gasteiger partial charge on any atom is -0.462 e. The molecule has 0 radical (unpaired) electrons. The predicted molar refractivity (Wildman–Crippen MR) is 418 cm³/mol. The Morgan fingerprint density at radius 2 is 0.412 bits per heavy atom. The van der Waals surface area contributed by atoms with Gasteiger partial charge in [0.15, 0.2) is 12.2 Å². The molecule has 0 heterocycles. The lowest BCUT2D eigenvalue weighted by molar-refractivity contribution is -0.161. The third kappa shape index (κ3) is 76.3. The van der Waals surface area contributed by atoms with E-state index in [0.29, 0.717) is 31.6 Å². The van der Waals surface area contributed by atoms with E-state index in [1.54, 1.807) is 0 Å². The van der Waals surface area contributed by atoms with Crippen LogP contribution in [0.3, 0.4) is 0 Å². The van der Waals surface area contributed by atoms with Crippen LogP contribution in [0.15, 0.2) is 0 Å². The molecule has 17 nitrogen and oxygen atoms in total. The number of aliphatic hydroxyl groups excluding tert-OH is 1. The molecule has 0 aliphatic rings. The molecule has 3 unspecified atom stereocenters. The molecule has 0 bridgehead atoms. The maximum atomic E-state index is 13.1. The van der Waals surface area contributed by atoms with Gasteiger partial charge in [0, 0.05) is 25.7 Å². The Morgan fingerprint density at radius 3 is 0.608 bits per heavy atom. The number of unbranched alkanes of at least 4 members (excludes halogenated alkanes) is 46. The van der Waals surface area contributed by atoms with Crippen molar-refractivity contribution >= 4 is 39.5 Å². The zero-order valence-corrected chi connectivity index (χ0v) is 69.0. The molecule has 19 heteroatoms. The number of carbonyl (C=O) groups is 4. The highest BCUT2D eigenvalue weighted by Crippen LogP contribution is 2.45. The lowest BCUT2D eigenvalue weighted by atomic mass is 10.0. The van der Waals surface area contributed by atoms with Crippen molar-refractivity contribution in [3.05, 3.63) is 0 Å². The van der Waals surface area contributed by atoms with Gasteiger partial charge in [0.05, 0.1) is 26.4 Å². The van der Waals surface area contributed by atoms with Crippen LogP contribution < -0.4 is 0 Å². The van der Waals surface area contributed by atoms with Crippen molar-refractivity contribution in [2.24, 2.45) is 23.7 Å². The standard InChI is InChI=1S/C83H162O17P2/c1-73(2)59-51-43-35-29-23-17-12-9-10-14-21-27-33-39-49-57-65-83(88)100-79(70-94-81(86)64-56-48-42-41-46-54-62-76(7)8)72-98-102(91,92)96-68-77(84)67-95-101(89,90)97-71-78(99-82(87)66-58-50-40-34-28-22-16-19-25-31-37-45-53-61-75(5)6)69-93-80(85)63-55-47-38-32-26-20-15-11-13-18-24-30-36-44-52-60-74(3)4/h73-79,84H,9-72H2,1-8H3,(H,89,90)(H,91,92)/t77?,78-,79-/m1/s1. The molecule has 102 heavy (non-hydrogen) atoms. The van der Waals surface area contributed by atoms with Crippen LogP contribution in [0.25, 0.3) is 0 Å². The molecule has 0 saturated heterocycles. The molecule has 3 N–H and O–H groups in total. The van der Waals surface area contributed by atoms with Crippen LogP contribution in [0.1, 0.15) is 428 Å². The van der Waals surface area contributed by atoms with Crippen LogP contribution in [0.4, 0.5) is 0 Å². The van der Waals surface area contributed by atoms with Gasteiger partial charge in [0.2, 0.25) is 0 Å². The molecule has 5 atom stereocenters. The Bertz CT molecular complexity index is 1990. The maximum absolute atomic E-state index is 13.1. The minimum atomic E-state index is -4.96. The van der Waals surface area contributed by atoms with Crippen LogP contribution >= 0.6 is 15.6 Å². The van der Waals surface area contributed by atoms with Gasteiger partial charge >= 0.3 is 39.5 Å². The topological polar surface area (TPSA) is 237 Å². The summed E-state index contributed by atoms with van der Waals surface area (Å²) < 4.78 is 68.8. The summed E-state index contributed by atoms with van der Waals surface area (Å²) in [7, 11) is -9.92. The first kappa shape index (κ1) is 100. The van der Waals surface area contributed by atoms with Crippen LogP contribution in [-0.4, -0.2) is 96.7 Å². The summed E-state index contributed by atoms with van der Waals surface area (Å²) in [4.78, 5) is 73.1. The molecule has 0 fully saturated rings. The summed E-state index contributed by atoms with van der Waals surface area (Å²) in [5.41, 5.74) is 0. The molecular formula is C83H162O17P2. The third-order valence-corrected chi connectivity index (χ3v) is 21.2. The SMILES string of the molecule is CC(C)CCCCCCCCCCCCCCCCCCC(=O)O[C@H](COC(=O)CCCCCCCCC(C)C)COP(=O)(O)OCC(O)COP(=O)(O)OC[C@@H](COC(=O)CCCCCCCCCCCCCCCCCC(C)C)OC(=O)CCCCCCCCCCCCCCCC(C)C. The monoisotopic (exact) mass is 1490 g/mol. The average Bonchev–Trinajstić information content (AvgIpc) is 0.914. The number of hydrogen-bond donors (Lipinski definition) is 3. The zero-order chi connectivity index (χ0) is 75.3. The molecule has 0 amide bonds. The summed E-state index contributed by atoms with van der Waals surface area (Å²) >= 11 is 0. The van der Waals surface area contributed by atoms with Crippen LogP contribution in [0.5, 0.6) is 0 Å². The first-order valence-electron chi connectivity index (χ1n) is 42.7. The summed E-state index contributed by atoms with van der Waals surface area (Å²) in [6.07, 6.45) is 59.8.